The van der Waals surface area contributed by atoms with Crippen molar-refractivity contribution in [1.82, 2.24) is 0 Å². The highest BCUT2D eigenvalue weighted by Crippen LogP contribution is 2.21. The number of carbonyl (C=O) groups is 1. The summed E-state index contributed by atoms with van der Waals surface area (Å²) in [5.41, 5.74) is 0. The van der Waals surface area contributed by atoms with Gasteiger partial charge in [-0.15, -0.1) is 0 Å². The molecule has 1 fully saturated rings. The second kappa shape index (κ2) is 2.38. The molecule has 0 amide bonds. The van der Waals surface area contributed by atoms with Gasteiger partial charge in [0.1, 0.15) is 0 Å². The first-order chi connectivity index (χ1) is 4.20. The van der Waals surface area contributed by atoms with Gasteiger partial charge < -0.3 is 4.74 Å². The van der Waals surface area contributed by atoms with E-state index < -0.39 is 0 Å². The number of ether oxygens (including phenoxy) is 1. The molecular formula is C7H12O2. The molecule has 2 heteroatoms. The minimum atomic E-state index is -0.0336. The van der Waals surface area contributed by atoms with Crippen LogP contribution in [-0.4, -0.2) is 12.6 Å². The van der Waals surface area contributed by atoms with Gasteiger partial charge in [0, 0.05) is 5.92 Å². The maximum Gasteiger partial charge on any atom is 0.306 e. The molecule has 0 spiro atoms. The van der Waals surface area contributed by atoms with Crippen LogP contribution in [-0.2, 0) is 9.53 Å². The van der Waals surface area contributed by atoms with Crippen molar-refractivity contribution in [2.24, 2.45) is 11.8 Å². The van der Waals surface area contributed by atoms with Crippen LogP contribution in [0.15, 0.2) is 0 Å². The molecular weight excluding hydrogens is 116 g/mol. The smallest absolute Gasteiger partial charge is 0.306 e. The van der Waals surface area contributed by atoms with Crippen LogP contribution in [0.3, 0.4) is 0 Å². The first-order valence-electron chi connectivity index (χ1n) is 3.36. The van der Waals surface area contributed by atoms with Crippen molar-refractivity contribution >= 4 is 5.97 Å². The Morgan fingerprint density at radius 1 is 1.67 bits per heavy atom. The van der Waals surface area contributed by atoms with E-state index in [2.05, 4.69) is 13.8 Å². The molecule has 1 heterocycles. The first kappa shape index (κ1) is 6.59. The lowest BCUT2D eigenvalue weighted by Gasteiger charge is -2.07. The molecule has 0 aliphatic carbocycles. The Balaban J connectivity index is 2.39. The topological polar surface area (TPSA) is 26.3 Å². The lowest BCUT2D eigenvalue weighted by Crippen LogP contribution is -2.07. The third kappa shape index (κ3) is 1.44. The summed E-state index contributed by atoms with van der Waals surface area (Å²) in [6.07, 6.45) is 0.623. The van der Waals surface area contributed by atoms with E-state index in [4.69, 9.17) is 4.74 Å². The van der Waals surface area contributed by atoms with Gasteiger partial charge in [-0.25, -0.2) is 0 Å². The minimum absolute atomic E-state index is 0.0336. The molecule has 2 nitrogen and oxygen atoms in total. The van der Waals surface area contributed by atoms with Crippen molar-refractivity contribution < 1.29 is 9.53 Å². The average Bonchev–Trinajstić information content (AvgIpc) is 2.14. The van der Waals surface area contributed by atoms with E-state index in [0.29, 0.717) is 24.9 Å². The SMILES string of the molecule is CC(C)C1COC(=O)C1. The van der Waals surface area contributed by atoms with Crippen molar-refractivity contribution in [3.63, 3.8) is 0 Å². The van der Waals surface area contributed by atoms with Gasteiger partial charge in [0.2, 0.25) is 0 Å². The quantitative estimate of drug-likeness (QED) is 0.496. The number of hydrogen-bond donors (Lipinski definition) is 0. The Kier molecular flexibility index (Phi) is 1.74. The fraction of sp³-hybridized carbons (Fsp3) is 0.857. The summed E-state index contributed by atoms with van der Waals surface area (Å²) in [6.45, 7) is 4.87. The Labute approximate surface area is 55.2 Å². The monoisotopic (exact) mass is 128 g/mol. The number of cyclic esters (lactones) is 1. The van der Waals surface area contributed by atoms with Gasteiger partial charge in [-0.05, 0) is 5.92 Å². The van der Waals surface area contributed by atoms with Crippen LogP contribution in [0.1, 0.15) is 20.3 Å². The van der Waals surface area contributed by atoms with E-state index in [-0.39, 0.29) is 5.97 Å². The summed E-state index contributed by atoms with van der Waals surface area (Å²) >= 11 is 0. The Hall–Kier alpha value is -0.530. The summed E-state index contributed by atoms with van der Waals surface area (Å²) in [6, 6.07) is 0. The fourth-order valence-electron chi connectivity index (χ4n) is 0.960. The Bertz CT molecular complexity index is 118. The molecule has 1 aliphatic rings. The van der Waals surface area contributed by atoms with Crippen molar-refractivity contribution in [3.8, 4) is 0 Å². The molecule has 0 aromatic heterocycles. The second-order valence-electron chi connectivity index (χ2n) is 2.89. The zero-order chi connectivity index (χ0) is 6.85. The number of carbonyl (C=O) groups excluding carboxylic acids is 1. The van der Waals surface area contributed by atoms with Gasteiger partial charge in [0.15, 0.2) is 0 Å². The van der Waals surface area contributed by atoms with E-state index in [1.54, 1.807) is 0 Å². The molecule has 1 unspecified atom stereocenters. The molecule has 0 N–H and O–H groups in total. The van der Waals surface area contributed by atoms with Crippen molar-refractivity contribution in [2.45, 2.75) is 20.3 Å². The van der Waals surface area contributed by atoms with Crippen LogP contribution in [0.5, 0.6) is 0 Å². The van der Waals surface area contributed by atoms with E-state index in [1.165, 1.54) is 0 Å². The van der Waals surface area contributed by atoms with E-state index >= 15 is 0 Å². The summed E-state index contributed by atoms with van der Waals surface area (Å²) in [4.78, 5) is 10.5. The van der Waals surface area contributed by atoms with E-state index in [9.17, 15) is 4.79 Å². The van der Waals surface area contributed by atoms with Crippen molar-refractivity contribution in [2.75, 3.05) is 6.61 Å². The highest BCUT2D eigenvalue weighted by atomic mass is 16.5. The molecule has 0 radical (unpaired) electrons. The van der Waals surface area contributed by atoms with Crippen LogP contribution in [0.25, 0.3) is 0 Å². The summed E-state index contributed by atoms with van der Waals surface area (Å²) < 4.78 is 4.79. The van der Waals surface area contributed by atoms with E-state index in [0.717, 1.165) is 0 Å². The van der Waals surface area contributed by atoms with Gasteiger partial charge in [-0.3, -0.25) is 4.79 Å². The van der Waals surface area contributed by atoms with Crippen molar-refractivity contribution in [3.05, 3.63) is 0 Å². The normalized spacial score (nSPS) is 27.0. The molecule has 1 atom stereocenters. The summed E-state index contributed by atoms with van der Waals surface area (Å²) in [5.74, 6) is 1.02. The highest BCUT2D eigenvalue weighted by molar-refractivity contribution is 5.71. The number of rotatable bonds is 1. The molecule has 0 bridgehead atoms. The first-order valence-corrected chi connectivity index (χ1v) is 3.36. The average molecular weight is 128 g/mol. The standard InChI is InChI=1S/C7H12O2/c1-5(2)6-3-7(8)9-4-6/h5-6H,3-4H2,1-2H3. The number of hydrogen-bond acceptors (Lipinski definition) is 2. The molecule has 1 saturated heterocycles. The minimum Gasteiger partial charge on any atom is -0.465 e. The van der Waals surface area contributed by atoms with Crippen LogP contribution in [0.4, 0.5) is 0 Å². The molecule has 0 saturated carbocycles. The molecule has 52 valence electrons. The van der Waals surface area contributed by atoms with Gasteiger partial charge in [-0.1, -0.05) is 13.8 Å². The maximum absolute atomic E-state index is 10.5. The van der Waals surface area contributed by atoms with Crippen LogP contribution in [0, 0.1) is 11.8 Å². The van der Waals surface area contributed by atoms with Crippen LogP contribution in [0.2, 0.25) is 0 Å². The van der Waals surface area contributed by atoms with Crippen LogP contribution >= 0.6 is 0 Å². The largest absolute Gasteiger partial charge is 0.465 e. The molecule has 1 rings (SSSR count). The summed E-state index contributed by atoms with van der Waals surface area (Å²) in [5, 5.41) is 0. The Morgan fingerprint density at radius 3 is 2.56 bits per heavy atom. The van der Waals surface area contributed by atoms with Gasteiger partial charge >= 0.3 is 5.97 Å². The van der Waals surface area contributed by atoms with Crippen molar-refractivity contribution in [1.29, 1.82) is 0 Å². The number of esters is 1. The molecule has 0 aromatic carbocycles. The maximum atomic E-state index is 10.5. The zero-order valence-electron chi connectivity index (χ0n) is 5.89. The summed E-state index contributed by atoms with van der Waals surface area (Å²) in [7, 11) is 0. The van der Waals surface area contributed by atoms with Gasteiger partial charge in [0.25, 0.3) is 0 Å². The zero-order valence-corrected chi connectivity index (χ0v) is 5.89. The second-order valence-corrected chi connectivity index (χ2v) is 2.89. The lowest BCUT2D eigenvalue weighted by molar-refractivity contribution is -0.137. The van der Waals surface area contributed by atoms with Crippen LogP contribution < -0.4 is 0 Å². The van der Waals surface area contributed by atoms with E-state index in [1.807, 2.05) is 0 Å². The van der Waals surface area contributed by atoms with Gasteiger partial charge in [0.05, 0.1) is 13.0 Å². The molecule has 1 aliphatic heterocycles. The van der Waals surface area contributed by atoms with Gasteiger partial charge in [-0.2, -0.15) is 0 Å². The lowest BCUT2D eigenvalue weighted by atomic mass is 9.95. The predicted molar refractivity (Wildman–Crippen MR) is 33.9 cm³/mol. The Morgan fingerprint density at radius 2 is 2.33 bits per heavy atom. The third-order valence-electron chi connectivity index (χ3n) is 1.83. The third-order valence-corrected chi connectivity index (χ3v) is 1.83. The molecule has 0 aromatic rings. The highest BCUT2D eigenvalue weighted by Gasteiger charge is 2.25. The predicted octanol–water partition coefficient (Wildman–Crippen LogP) is 1.21. The molecule has 9 heavy (non-hydrogen) atoms. The fourth-order valence-corrected chi connectivity index (χ4v) is 0.960.